The molecule has 9 heteroatoms. The molecule has 0 spiro atoms. The van der Waals surface area contributed by atoms with Crippen molar-refractivity contribution in [3.63, 3.8) is 0 Å². The second-order valence-corrected chi connectivity index (χ2v) is 7.11. The van der Waals surface area contributed by atoms with Crippen LogP contribution in [0.1, 0.15) is 31.3 Å². The van der Waals surface area contributed by atoms with Crippen LogP contribution in [0, 0.1) is 5.92 Å². The molecule has 3 N–H and O–H groups in total. The van der Waals surface area contributed by atoms with Gasteiger partial charge in [-0.15, -0.1) is 0 Å². The summed E-state index contributed by atoms with van der Waals surface area (Å²) in [5.74, 6) is -1.26. The number of rotatable bonds is 8. The van der Waals surface area contributed by atoms with E-state index in [2.05, 4.69) is 10.6 Å². The molecule has 0 bridgehead atoms. The van der Waals surface area contributed by atoms with Crippen LogP contribution in [-0.4, -0.2) is 53.8 Å². The first kappa shape index (κ1) is 22.1. The molecular weight excluding hydrogens is 378 g/mol. The number of carbonyl (C=O) groups excluding carboxylic acids is 2. The van der Waals surface area contributed by atoms with Crippen molar-refractivity contribution in [2.45, 2.75) is 32.9 Å². The van der Waals surface area contributed by atoms with Crippen molar-refractivity contribution >= 4 is 28.7 Å². The minimum Gasteiger partial charge on any atom is -0.497 e. The lowest BCUT2D eigenvalue weighted by molar-refractivity contribution is -0.141. The lowest BCUT2D eigenvalue weighted by Crippen LogP contribution is -2.53. The summed E-state index contributed by atoms with van der Waals surface area (Å²) in [6.45, 7) is 4.90. The quantitative estimate of drug-likeness (QED) is 0.613. The highest BCUT2D eigenvalue weighted by molar-refractivity contribution is 6.02. The number of hydrogen-bond donors (Lipinski definition) is 3. The molecule has 2 aromatic rings. The molecular formula is C20H27N3O6. The maximum atomic E-state index is 12.9. The Labute approximate surface area is 169 Å². The summed E-state index contributed by atoms with van der Waals surface area (Å²) in [7, 11) is 4.80. The second-order valence-electron chi connectivity index (χ2n) is 7.11. The van der Waals surface area contributed by atoms with Crippen LogP contribution < -0.4 is 20.1 Å². The Hall–Kier alpha value is -3.23. The fourth-order valence-electron chi connectivity index (χ4n) is 2.99. The van der Waals surface area contributed by atoms with Gasteiger partial charge in [0.05, 0.1) is 19.7 Å². The number of fused-ring (bicyclic) bond motifs is 1. The van der Waals surface area contributed by atoms with Crippen molar-refractivity contribution in [3.8, 4) is 11.5 Å². The van der Waals surface area contributed by atoms with Crippen LogP contribution in [0.15, 0.2) is 18.2 Å². The molecule has 29 heavy (non-hydrogen) atoms. The number of aryl methyl sites for hydroxylation is 1. The van der Waals surface area contributed by atoms with E-state index in [-0.39, 0.29) is 5.92 Å². The average molecular weight is 405 g/mol. The number of nitrogens with zero attached hydrogens (tertiary/aromatic N) is 1. The lowest BCUT2D eigenvalue weighted by Gasteiger charge is -2.23. The molecule has 2 amide bonds. The van der Waals surface area contributed by atoms with E-state index >= 15 is 0 Å². The molecule has 2 atom stereocenters. The number of carbonyl (C=O) groups is 3. The summed E-state index contributed by atoms with van der Waals surface area (Å²) in [6.07, 6.45) is 0. The van der Waals surface area contributed by atoms with Crippen LogP contribution in [0.5, 0.6) is 11.5 Å². The molecule has 158 valence electrons. The van der Waals surface area contributed by atoms with Crippen molar-refractivity contribution in [3.05, 3.63) is 23.9 Å². The number of ether oxygens (including phenoxy) is 2. The van der Waals surface area contributed by atoms with Gasteiger partial charge in [-0.05, 0) is 18.9 Å². The first-order valence-electron chi connectivity index (χ1n) is 9.16. The Morgan fingerprint density at radius 3 is 2.21 bits per heavy atom. The molecule has 0 aliphatic rings. The summed E-state index contributed by atoms with van der Waals surface area (Å²) < 4.78 is 12.4. The topological polar surface area (TPSA) is 119 Å². The third kappa shape index (κ3) is 4.61. The number of aromatic nitrogens is 1. The Kier molecular flexibility index (Phi) is 6.73. The van der Waals surface area contributed by atoms with Gasteiger partial charge >= 0.3 is 5.97 Å². The van der Waals surface area contributed by atoms with Crippen LogP contribution in [-0.2, 0) is 16.6 Å². The predicted molar refractivity (Wildman–Crippen MR) is 107 cm³/mol. The zero-order valence-corrected chi connectivity index (χ0v) is 17.4. The maximum absolute atomic E-state index is 12.9. The van der Waals surface area contributed by atoms with E-state index in [0.717, 1.165) is 10.9 Å². The van der Waals surface area contributed by atoms with Gasteiger partial charge < -0.3 is 29.8 Å². The molecule has 0 saturated heterocycles. The van der Waals surface area contributed by atoms with Crippen molar-refractivity contribution in [1.82, 2.24) is 15.2 Å². The molecule has 0 fully saturated rings. The van der Waals surface area contributed by atoms with Crippen LogP contribution in [0.25, 0.3) is 10.9 Å². The van der Waals surface area contributed by atoms with Gasteiger partial charge in [0.2, 0.25) is 5.91 Å². The molecule has 2 unspecified atom stereocenters. The van der Waals surface area contributed by atoms with Crippen molar-refractivity contribution < 1.29 is 29.0 Å². The molecule has 0 aliphatic heterocycles. The van der Waals surface area contributed by atoms with Gasteiger partial charge in [0.25, 0.3) is 5.91 Å². The number of methoxy groups -OCH3 is 2. The minimum absolute atomic E-state index is 0.246. The van der Waals surface area contributed by atoms with E-state index in [1.165, 1.54) is 14.0 Å². The van der Waals surface area contributed by atoms with E-state index < -0.39 is 29.9 Å². The highest BCUT2D eigenvalue weighted by Crippen LogP contribution is 2.33. The van der Waals surface area contributed by atoms with Gasteiger partial charge in [-0.25, -0.2) is 0 Å². The highest BCUT2D eigenvalue weighted by atomic mass is 16.5. The largest absolute Gasteiger partial charge is 0.497 e. The molecule has 9 nitrogen and oxygen atoms in total. The zero-order valence-electron chi connectivity index (χ0n) is 17.4. The SMILES string of the molecule is COc1cc(OC)c2cc(C(=O)NC(C(=O)NC(C)C(=O)O)C(C)C)n(C)c2c1. The van der Waals surface area contributed by atoms with Gasteiger partial charge in [-0.3, -0.25) is 14.4 Å². The predicted octanol–water partition coefficient (Wildman–Crippen LogP) is 1.54. The summed E-state index contributed by atoms with van der Waals surface area (Å²) in [5, 5.41) is 14.8. The number of aliphatic carboxylic acids is 1. The fraction of sp³-hybridized carbons (Fsp3) is 0.450. The Bertz CT molecular complexity index is 934. The van der Waals surface area contributed by atoms with Crippen LogP contribution in [0.2, 0.25) is 0 Å². The smallest absolute Gasteiger partial charge is 0.325 e. The fourth-order valence-corrected chi connectivity index (χ4v) is 2.99. The van der Waals surface area contributed by atoms with Crippen LogP contribution in [0.4, 0.5) is 0 Å². The second kappa shape index (κ2) is 8.85. The molecule has 1 heterocycles. The van der Waals surface area contributed by atoms with Crippen molar-refractivity contribution in [2.75, 3.05) is 14.2 Å². The summed E-state index contributed by atoms with van der Waals surface area (Å²) in [6, 6.07) is 3.24. The monoisotopic (exact) mass is 405 g/mol. The van der Waals surface area contributed by atoms with Gasteiger partial charge in [0, 0.05) is 24.6 Å². The van der Waals surface area contributed by atoms with E-state index in [0.29, 0.717) is 17.2 Å². The number of benzene rings is 1. The first-order chi connectivity index (χ1) is 13.6. The van der Waals surface area contributed by atoms with Crippen molar-refractivity contribution in [1.29, 1.82) is 0 Å². The molecule has 0 saturated carbocycles. The zero-order chi connectivity index (χ0) is 21.9. The third-order valence-electron chi connectivity index (χ3n) is 4.75. The van der Waals surface area contributed by atoms with Gasteiger partial charge in [-0.2, -0.15) is 0 Å². The highest BCUT2D eigenvalue weighted by Gasteiger charge is 2.28. The molecule has 0 radical (unpaired) electrons. The summed E-state index contributed by atoms with van der Waals surface area (Å²) >= 11 is 0. The summed E-state index contributed by atoms with van der Waals surface area (Å²) in [4.78, 5) is 36.4. The van der Waals surface area contributed by atoms with E-state index in [1.807, 2.05) is 0 Å². The number of amides is 2. The van der Waals surface area contributed by atoms with Gasteiger partial charge in [-0.1, -0.05) is 13.8 Å². The first-order valence-corrected chi connectivity index (χ1v) is 9.16. The van der Waals surface area contributed by atoms with E-state index in [9.17, 15) is 14.4 Å². The standard InChI is InChI=1S/C20H27N3O6/c1-10(2)17(19(25)21-11(3)20(26)27)22-18(24)15-9-13-14(23(15)4)7-12(28-5)8-16(13)29-6/h7-11,17H,1-6H3,(H,21,25)(H,22,24)(H,26,27). The lowest BCUT2D eigenvalue weighted by atomic mass is 10.0. The van der Waals surface area contributed by atoms with Crippen LogP contribution in [0.3, 0.4) is 0 Å². The Balaban J connectivity index is 2.35. The van der Waals surface area contributed by atoms with Gasteiger partial charge in [0.1, 0.15) is 29.3 Å². The third-order valence-corrected chi connectivity index (χ3v) is 4.75. The van der Waals surface area contributed by atoms with E-state index in [1.54, 1.807) is 50.8 Å². The molecule has 0 aliphatic carbocycles. The minimum atomic E-state index is -1.15. The Morgan fingerprint density at radius 1 is 1.03 bits per heavy atom. The maximum Gasteiger partial charge on any atom is 0.325 e. The van der Waals surface area contributed by atoms with Crippen molar-refractivity contribution in [2.24, 2.45) is 13.0 Å². The molecule has 1 aromatic heterocycles. The molecule has 1 aromatic carbocycles. The number of hydrogen-bond acceptors (Lipinski definition) is 5. The molecule has 2 rings (SSSR count). The van der Waals surface area contributed by atoms with E-state index in [4.69, 9.17) is 14.6 Å². The van der Waals surface area contributed by atoms with Gasteiger partial charge in [0.15, 0.2) is 0 Å². The Morgan fingerprint density at radius 2 is 1.69 bits per heavy atom. The van der Waals surface area contributed by atoms with Crippen LogP contribution >= 0.6 is 0 Å². The average Bonchev–Trinajstić information content (AvgIpc) is 3.01. The summed E-state index contributed by atoms with van der Waals surface area (Å²) in [5.41, 5.74) is 1.06. The number of carboxylic acids is 1. The number of nitrogens with one attached hydrogen (secondary N) is 2. The normalized spacial score (nSPS) is 13.1. The number of carboxylic acid groups (broad SMARTS) is 1.